The minimum Gasteiger partial charge on any atom is -0.381 e. The lowest BCUT2D eigenvalue weighted by Gasteiger charge is -2.08. The van der Waals surface area contributed by atoms with Crippen LogP contribution in [-0.2, 0) is 9.47 Å². The Morgan fingerprint density at radius 2 is 1.74 bits per heavy atom. The van der Waals surface area contributed by atoms with Crippen molar-refractivity contribution >= 4 is 0 Å². The van der Waals surface area contributed by atoms with E-state index >= 15 is 0 Å². The van der Waals surface area contributed by atoms with Crippen LogP contribution in [0.1, 0.15) is 70.6 Å². The summed E-state index contributed by atoms with van der Waals surface area (Å²) in [6, 6.07) is 2.18. The number of ether oxygens (including phenoxy) is 2. The third-order valence-corrected chi connectivity index (χ3v) is 3.67. The van der Waals surface area contributed by atoms with Crippen molar-refractivity contribution in [2.75, 3.05) is 19.8 Å². The maximum absolute atomic E-state index is 8.40. The highest BCUT2D eigenvalue weighted by atomic mass is 16.5. The lowest BCUT2D eigenvalue weighted by Crippen LogP contribution is -2.05. The molecule has 1 rings (SSSR count). The molecule has 1 fully saturated rings. The highest BCUT2D eigenvalue weighted by Crippen LogP contribution is 2.17. The Labute approximate surface area is 118 Å². The van der Waals surface area contributed by atoms with E-state index in [4.69, 9.17) is 14.7 Å². The molecule has 0 saturated carbocycles. The van der Waals surface area contributed by atoms with Crippen LogP contribution in [0.3, 0.4) is 0 Å². The van der Waals surface area contributed by atoms with Gasteiger partial charge in [-0.05, 0) is 44.9 Å². The van der Waals surface area contributed by atoms with Crippen molar-refractivity contribution in [3.63, 3.8) is 0 Å². The van der Waals surface area contributed by atoms with Crippen molar-refractivity contribution in [3.05, 3.63) is 0 Å². The lowest BCUT2D eigenvalue weighted by molar-refractivity contribution is 0.0931. The summed E-state index contributed by atoms with van der Waals surface area (Å²) in [5.74, 6) is 0. The fourth-order valence-corrected chi connectivity index (χ4v) is 2.49. The average molecular weight is 267 g/mol. The molecule has 1 saturated heterocycles. The maximum atomic E-state index is 8.40. The monoisotopic (exact) mass is 267 g/mol. The molecule has 1 unspecified atom stereocenters. The van der Waals surface area contributed by atoms with Crippen molar-refractivity contribution in [2.24, 2.45) is 0 Å². The molecule has 1 heterocycles. The Kier molecular flexibility index (Phi) is 10.8. The summed E-state index contributed by atoms with van der Waals surface area (Å²) in [4.78, 5) is 0. The first-order valence-corrected chi connectivity index (χ1v) is 8.00. The van der Waals surface area contributed by atoms with Gasteiger partial charge in [0.1, 0.15) is 0 Å². The Bertz CT molecular complexity index is 231. The largest absolute Gasteiger partial charge is 0.381 e. The molecule has 0 aromatic heterocycles. The quantitative estimate of drug-likeness (QED) is 0.497. The molecule has 110 valence electrons. The first-order valence-electron chi connectivity index (χ1n) is 8.00. The van der Waals surface area contributed by atoms with Gasteiger partial charge in [0, 0.05) is 26.2 Å². The van der Waals surface area contributed by atoms with Gasteiger partial charge >= 0.3 is 0 Å². The van der Waals surface area contributed by atoms with E-state index in [-0.39, 0.29) is 0 Å². The Balaban J connectivity index is 1.68. The molecule has 0 spiro atoms. The van der Waals surface area contributed by atoms with Gasteiger partial charge in [0.15, 0.2) is 0 Å². The van der Waals surface area contributed by atoms with Crippen molar-refractivity contribution in [3.8, 4) is 6.07 Å². The molecule has 1 atom stereocenters. The molecule has 19 heavy (non-hydrogen) atoms. The highest BCUT2D eigenvalue weighted by Gasteiger charge is 2.14. The first-order chi connectivity index (χ1) is 9.43. The van der Waals surface area contributed by atoms with Gasteiger partial charge in [-0.1, -0.05) is 19.3 Å². The van der Waals surface area contributed by atoms with Crippen LogP contribution in [0.15, 0.2) is 0 Å². The highest BCUT2D eigenvalue weighted by molar-refractivity contribution is 4.67. The van der Waals surface area contributed by atoms with Crippen LogP contribution in [0.25, 0.3) is 0 Å². The molecule has 0 aliphatic carbocycles. The number of unbranched alkanes of at least 4 members (excludes halogenated alkanes) is 6. The zero-order valence-corrected chi connectivity index (χ0v) is 12.2. The van der Waals surface area contributed by atoms with Gasteiger partial charge < -0.3 is 9.47 Å². The first kappa shape index (κ1) is 16.5. The molecular formula is C16H29NO2. The summed E-state index contributed by atoms with van der Waals surface area (Å²) in [5, 5.41) is 8.40. The summed E-state index contributed by atoms with van der Waals surface area (Å²) in [7, 11) is 0. The van der Waals surface area contributed by atoms with E-state index < -0.39 is 0 Å². The van der Waals surface area contributed by atoms with Crippen LogP contribution in [-0.4, -0.2) is 25.9 Å². The van der Waals surface area contributed by atoms with Crippen LogP contribution >= 0.6 is 0 Å². The van der Waals surface area contributed by atoms with Gasteiger partial charge in [-0.3, -0.25) is 0 Å². The molecule has 0 aromatic rings. The van der Waals surface area contributed by atoms with Gasteiger partial charge in [-0.2, -0.15) is 5.26 Å². The number of hydrogen-bond donors (Lipinski definition) is 0. The molecule has 1 aliphatic heterocycles. The summed E-state index contributed by atoms with van der Waals surface area (Å²) in [6.07, 6.45) is 13.2. The molecule has 3 nitrogen and oxygen atoms in total. The Morgan fingerprint density at radius 1 is 1.00 bits per heavy atom. The fraction of sp³-hybridized carbons (Fsp3) is 0.938. The third kappa shape index (κ3) is 9.92. The van der Waals surface area contributed by atoms with E-state index in [0.717, 1.165) is 32.7 Å². The third-order valence-electron chi connectivity index (χ3n) is 3.67. The minimum atomic E-state index is 0.536. The van der Waals surface area contributed by atoms with Crippen molar-refractivity contribution < 1.29 is 9.47 Å². The fourth-order valence-electron chi connectivity index (χ4n) is 2.49. The van der Waals surface area contributed by atoms with Crippen LogP contribution in [0.2, 0.25) is 0 Å². The van der Waals surface area contributed by atoms with E-state index in [1.165, 1.54) is 51.4 Å². The Hall–Kier alpha value is -0.590. The van der Waals surface area contributed by atoms with E-state index in [1.54, 1.807) is 0 Å². The predicted octanol–water partition coefficient (Wildman–Crippen LogP) is 4.22. The number of hydrogen-bond acceptors (Lipinski definition) is 3. The molecule has 0 N–H and O–H groups in total. The summed E-state index contributed by atoms with van der Waals surface area (Å²) >= 11 is 0. The zero-order chi connectivity index (χ0) is 13.6. The second-order valence-corrected chi connectivity index (χ2v) is 5.42. The van der Waals surface area contributed by atoms with Crippen molar-refractivity contribution in [2.45, 2.75) is 76.7 Å². The van der Waals surface area contributed by atoms with Gasteiger partial charge in [-0.15, -0.1) is 0 Å². The van der Waals surface area contributed by atoms with Gasteiger partial charge in [0.25, 0.3) is 0 Å². The summed E-state index contributed by atoms with van der Waals surface area (Å²) in [6.45, 7) is 2.77. The van der Waals surface area contributed by atoms with Crippen molar-refractivity contribution in [1.82, 2.24) is 0 Å². The second kappa shape index (κ2) is 12.4. The minimum absolute atomic E-state index is 0.536. The molecule has 1 aliphatic rings. The maximum Gasteiger partial charge on any atom is 0.0621 e. The summed E-state index contributed by atoms with van der Waals surface area (Å²) in [5.41, 5.74) is 0. The molecule has 0 aromatic carbocycles. The number of rotatable bonds is 12. The number of nitriles is 1. The molecule has 0 radical (unpaired) electrons. The SMILES string of the molecule is N#CCCCCCCCOCCCCC1CCCO1. The molecule has 0 amide bonds. The summed E-state index contributed by atoms with van der Waals surface area (Å²) < 4.78 is 11.2. The van der Waals surface area contributed by atoms with Crippen LogP contribution in [0.5, 0.6) is 0 Å². The van der Waals surface area contributed by atoms with Gasteiger partial charge in [0.05, 0.1) is 12.2 Å². The number of nitrogens with zero attached hydrogens (tertiary/aromatic N) is 1. The lowest BCUT2D eigenvalue weighted by atomic mass is 10.1. The normalized spacial score (nSPS) is 18.6. The van der Waals surface area contributed by atoms with Crippen LogP contribution in [0, 0.1) is 11.3 Å². The van der Waals surface area contributed by atoms with Crippen LogP contribution < -0.4 is 0 Å². The second-order valence-electron chi connectivity index (χ2n) is 5.42. The molecule has 3 heteroatoms. The molecule has 0 bridgehead atoms. The van der Waals surface area contributed by atoms with E-state index in [2.05, 4.69) is 6.07 Å². The van der Waals surface area contributed by atoms with E-state index in [1.807, 2.05) is 0 Å². The van der Waals surface area contributed by atoms with Crippen molar-refractivity contribution in [1.29, 1.82) is 5.26 Å². The van der Waals surface area contributed by atoms with Crippen LogP contribution in [0.4, 0.5) is 0 Å². The smallest absolute Gasteiger partial charge is 0.0621 e. The van der Waals surface area contributed by atoms with Gasteiger partial charge in [-0.25, -0.2) is 0 Å². The Morgan fingerprint density at radius 3 is 2.47 bits per heavy atom. The van der Waals surface area contributed by atoms with E-state index in [0.29, 0.717) is 12.5 Å². The topological polar surface area (TPSA) is 42.2 Å². The standard InChI is InChI=1S/C16H29NO2/c17-12-6-3-1-2-4-7-13-18-14-8-5-10-16-11-9-15-19-16/h16H,1-11,13-15H2. The van der Waals surface area contributed by atoms with E-state index in [9.17, 15) is 0 Å². The predicted molar refractivity (Wildman–Crippen MR) is 77.0 cm³/mol. The zero-order valence-electron chi connectivity index (χ0n) is 12.2. The average Bonchev–Trinajstić information content (AvgIpc) is 2.93. The molecular weight excluding hydrogens is 238 g/mol. The van der Waals surface area contributed by atoms with Gasteiger partial charge in [0.2, 0.25) is 0 Å².